The molecule has 0 unspecified atom stereocenters. The second-order valence-electron chi connectivity index (χ2n) is 8.80. The molecule has 0 aliphatic carbocycles. The SMILES string of the molecule is C=CCn1c(SCc2nc3sc(C)c(C)c3c(=O)[nH]2)nnc1-c1ccc(C(C)(C)C)cc1. The standard InChI is InChI=1S/C24H27N5OS2/c1-7-12-29-20(16-8-10-17(11-9-16)24(4,5)6)27-28-23(29)31-13-18-25-21(30)19-14(2)15(3)32-22(19)26-18/h7-11H,1,12-13H2,2-6H3,(H,25,26,30). The van der Waals surface area contributed by atoms with Crippen molar-refractivity contribution in [2.24, 2.45) is 0 Å². The highest BCUT2D eigenvalue weighted by atomic mass is 32.2. The molecule has 166 valence electrons. The van der Waals surface area contributed by atoms with Gasteiger partial charge in [0.15, 0.2) is 11.0 Å². The first-order valence-electron chi connectivity index (χ1n) is 10.5. The zero-order valence-corrected chi connectivity index (χ0v) is 20.7. The number of thiophene rings is 1. The summed E-state index contributed by atoms with van der Waals surface area (Å²) in [5.41, 5.74) is 3.30. The second-order valence-corrected chi connectivity index (χ2v) is 10.9. The summed E-state index contributed by atoms with van der Waals surface area (Å²) in [6.45, 7) is 15.1. The van der Waals surface area contributed by atoms with Gasteiger partial charge < -0.3 is 4.98 Å². The van der Waals surface area contributed by atoms with Crippen molar-refractivity contribution in [3.05, 3.63) is 69.1 Å². The highest BCUT2D eigenvalue weighted by Crippen LogP contribution is 2.30. The summed E-state index contributed by atoms with van der Waals surface area (Å²) in [6, 6.07) is 8.47. The molecule has 0 saturated heterocycles. The molecule has 3 heterocycles. The van der Waals surface area contributed by atoms with Gasteiger partial charge in [0, 0.05) is 17.0 Å². The third kappa shape index (κ3) is 4.29. The zero-order valence-electron chi connectivity index (χ0n) is 19.0. The third-order valence-corrected chi connectivity index (χ3v) is 7.54. The number of hydrogen-bond donors (Lipinski definition) is 1. The first-order valence-corrected chi connectivity index (χ1v) is 12.3. The van der Waals surface area contributed by atoms with Gasteiger partial charge in [-0.3, -0.25) is 9.36 Å². The number of fused-ring (bicyclic) bond motifs is 1. The Morgan fingerprint density at radius 2 is 1.91 bits per heavy atom. The van der Waals surface area contributed by atoms with E-state index in [-0.39, 0.29) is 11.0 Å². The topological polar surface area (TPSA) is 76.5 Å². The quantitative estimate of drug-likeness (QED) is 0.295. The minimum atomic E-state index is -0.0837. The summed E-state index contributed by atoms with van der Waals surface area (Å²) in [6.07, 6.45) is 1.84. The Morgan fingerprint density at radius 1 is 1.19 bits per heavy atom. The van der Waals surface area contributed by atoms with E-state index < -0.39 is 0 Å². The van der Waals surface area contributed by atoms with Crippen LogP contribution in [0.3, 0.4) is 0 Å². The molecule has 0 aliphatic heterocycles. The van der Waals surface area contributed by atoms with Crippen molar-refractivity contribution < 1.29 is 0 Å². The van der Waals surface area contributed by atoms with E-state index >= 15 is 0 Å². The third-order valence-electron chi connectivity index (χ3n) is 5.46. The number of aromatic nitrogens is 5. The summed E-state index contributed by atoms with van der Waals surface area (Å²) in [5.74, 6) is 1.94. The second kappa shape index (κ2) is 8.67. The number of thioether (sulfide) groups is 1. The van der Waals surface area contributed by atoms with Crippen LogP contribution < -0.4 is 5.56 Å². The highest BCUT2D eigenvalue weighted by Gasteiger charge is 2.18. The van der Waals surface area contributed by atoms with Crippen LogP contribution in [0, 0.1) is 13.8 Å². The molecule has 4 aromatic rings. The Balaban J connectivity index is 1.61. The van der Waals surface area contributed by atoms with Gasteiger partial charge in [-0.2, -0.15) is 0 Å². The maximum absolute atomic E-state index is 12.6. The van der Waals surface area contributed by atoms with Gasteiger partial charge in [-0.25, -0.2) is 4.98 Å². The smallest absolute Gasteiger partial charge is 0.259 e. The monoisotopic (exact) mass is 465 g/mol. The van der Waals surface area contributed by atoms with E-state index in [1.165, 1.54) is 17.3 Å². The van der Waals surface area contributed by atoms with Gasteiger partial charge in [-0.1, -0.05) is 62.9 Å². The van der Waals surface area contributed by atoms with Gasteiger partial charge in [0.1, 0.15) is 10.7 Å². The summed E-state index contributed by atoms with van der Waals surface area (Å²) < 4.78 is 2.04. The normalized spacial score (nSPS) is 11.9. The zero-order chi connectivity index (χ0) is 23.0. The van der Waals surface area contributed by atoms with Gasteiger partial charge in [0.2, 0.25) is 0 Å². The number of nitrogens with one attached hydrogen (secondary N) is 1. The highest BCUT2D eigenvalue weighted by molar-refractivity contribution is 7.98. The van der Waals surface area contributed by atoms with Gasteiger partial charge in [0.25, 0.3) is 5.56 Å². The minimum absolute atomic E-state index is 0.0837. The Morgan fingerprint density at radius 3 is 2.56 bits per heavy atom. The number of allylic oxidation sites excluding steroid dienone is 1. The van der Waals surface area contributed by atoms with Crippen LogP contribution in [0.1, 0.15) is 42.6 Å². The Bertz CT molecular complexity index is 1340. The van der Waals surface area contributed by atoms with Crippen LogP contribution in [0.2, 0.25) is 0 Å². The number of aryl methyl sites for hydroxylation is 2. The van der Waals surface area contributed by atoms with Crippen LogP contribution in [0.25, 0.3) is 21.6 Å². The molecule has 6 nitrogen and oxygen atoms in total. The molecule has 0 amide bonds. The maximum Gasteiger partial charge on any atom is 0.259 e. The van der Waals surface area contributed by atoms with E-state index in [0.29, 0.717) is 23.5 Å². The Kier molecular flexibility index (Phi) is 6.09. The first kappa shape index (κ1) is 22.5. The van der Waals surface area contributed by atoms with Gasteiger partial charge >= 0.3 is 0 Å². The fourth-order valence-electron chi connectivity index (χ4n) is 3.52. The van der Waals surface area contributed by atoms with E-state index in [1.807, 2.05) is 24.5 Å². The molecule has 1 N–H and O–H groups in total. The van der Waals surface area contributed by atoms with Crippen LogP contribution in [-0.2, 0) is 17.7 Å². The molecule has 32 heavy (non-hydrogen) atoms. The number of H-pyrrole nitrogens is 1. The average Bonchev–Trinajstić information content (AvgIpc) is 3.26. The molecule has 0 aliphatic rings. The summed E-state index contributed by atoms with van der Waals surface area (Å²) >= 11 is 3.06. The molecule has 8 heteroatoms. The van der Waals surface area contributed by atoms with E-state index in [4.69, 9.17) is 0 Å². The van der Waals surface area contributed by atoms with E-state index in [2.05, 4.69) is 71.8 Å². The lowest BCUT2D eigenvalue weighted by Crippen LogP contribution is -2.11. The molecule has 1 aromatic carbocycles. The number of benzene rings is 1. The molecule has 0 atom stereocenters. The molecule has 3 aromatic heterocycles. The lowest BCUT2D eigenvalue weighted by Gasteiger charge is -2.19. The average molecular weight is 466 g/mol. The molecule has 0 fully saturated rings. The largest absolute Gasteiger partial charge is 0.309 e. The van der Waals surface area contributed by atoms with Crippen LogP contribution in [0.4, 0.5) is 0 Å². The predicted octanol–water partition coefficient (Wildman–Crippen LogP) is 5.64. The predicted molar refractivity (Wildman–Crippen MR) is 134 cm³/mol. The molecule has 0 bridgehead atoms. The van der Waals surface area contributed by atoms with Crippen molar-refractivity contribution >= 4 is 33.3 Å². The fraction of sp³-hybridized carbons (Fsp3) is 0.333. The van der Waals surface area contributed by atoms with Gasteiger partial charge in [-0.05, 0) is 30.4 Å². The summed E-state index contributed by atoms with van der Waals surface area (Å²) in [7, 11) is 0. The van der Waals surface area contributed by atoms with Crippen molar-refractivity contribution in [2.45, 2.75) is 57.5 Å². The van der Waals surface area contributed by atoms with Crippen LogP contribution in [0.15, 0.2) is 46.9 Å². The van der Waals surface area contributed by atoms with Crippen LogP contribution in [-0.4, -0.2) is 24.7 Å². The van der Waals surface area contributed by atoms with E-state index in [9.17, 15) is 4.79 Å². The Labute approximate surface area is 195 Å². The van der Waals surface area contributed by atoms with E-state index in [0.717, 1.165) is 31.8 Å². The number of nitrogens with zero attached hydrogens (tertiary/aromatic N) is 4. The van der Waals surface area contributed by atoms with Crippen molar-refractivity contribution in [3.8, 4) is 11.4 Å². The molecule has 0 saturated carbocycles. The first-order chi connectivity index (χ1) is 15.2. The molecule has 0 radical (unpaired) electrons. The summed E-state index contributed by atoms with van der Waals surface area (Å²) in [4.78, 5) is 22.1. The molecule has 4 rings (SSSR count). The molecular formula is C24H27N5OS2. The van der Waals surface area contributed by atoms with Gasteiger partial charge in [0.05, 0.1) is 11.1 Å². The summed E-state index contributed by atoms with van der Waals surface area (Å²) in [5, 5.41) is 10.3. The Hall–Kier alpha value is -2.71. The van der Waals surface area contributed by atoms with Crippen LogP contribution in [0.5, 0.6) is 0 Å². The number of rotatable bonds is 6. The van der Waals surface area contributed by atoms with Crippen molar-refractivity contribution in [3.63, 3.8) is 0 Å². The minimum Gasteiger partial charge on any atom is -0.309 e. The molecule has 0 spiro atoms. The van der Waals surface area contributed by atoms with Crippen molar-refractivity contribution in [1.82, 2.24) is 24.7 Å². The number of hydrogen-bond acceptors (Lipinski definition) is 6. The van der Waals surface area contributed by atoms with Crippen molar-refractivity contribution in [2.75, 3.05) is 0 Å². The lowest BCUT2D eigenvalue weighted by atomic mass is 9.87. The molecular weight excluding hydrogens is 438 g/mol. The fourth-order valence-corrected chi connectivity index (χ4v) is 5.39. The maximum atomic E-state index is 12.6. The van der Waals surface area contributed by atoms with E-state index in [1.54, 1.807) is 11.3 Å². The lowest BCUT2D eigenvalue weighted by molar-refractivity contribution is 0.590. The van der Waals surface area contributed by atoms with Crippen molar-refractivity contribution in [1.29, 1.82) is 0 Å². The number of aromatic amines is 1. The van der Waals surface area contributed by atoms with Gasteiger partial charge in [-0.15, -0.1) is 28.1 Å². The van der Waals surface area contributed by atoms with Crippen LogP contribution >= 0.6 is 23.1 Å².